The molecule has 1 aromatic carbocycles. The second-order valence-corrected chi connectivity index (χ2v) is 7.81. The van der Waals surface area contributed by atoms with Gasteiger partial charge in [-0.2, -0.15) is 5.10 Å². The number of rotatable bonds is 10. The largest absolute Gasteiger partial charge is 0.346 e. The molecule has 0 spiro atoms. The van der Waals surface area contributed by atoms with Crippen LogP contribution in [-0.2, 0) is 11.2 Å². The number of H-pyrrole nitrogens is 1. The molecule has 1 aliphatic rings. The van der Waals surface area contributed by atoms with E-state index in [-0.39, 0.29) is 24.1 Å². The molecule has 0 aliphatic carbocycles. The van der Waals surface area contributed by atoms with Crippen molar-refractivity contribution in [1.29, 1.82) is 0 Å². The lowest BCUT2D eigenvalue weighted by Gasteiger charge is -2.18. The monoisotopic (exact) mass is 422 g/mol. The van der Waals surface area contributed by atoms with Crippen molar-refractivity contribution in [2.24, 2.45) is 5.92 Å². The summed E-state index contributed by atoms with van der Waals surface area (Å²) >= 11 is 0. The maximum Gasteiger partial charge on any atom is 0.222 e. The molecule has 1 saturated heterocycles. The van der Waals surface area contributed by atoms with E-state index in [4.69, 9.17) is 0 Å². The lowest BCUT2D eigenvalue weighted by atomic mass is 10.0. The van der Waals surface area contributed by atoms with Gasteiger partial charge in [0.25, 0.3) is 0 Å². The third kappa shape index (κ3) is 7.44. The van der Waals surface area contributed by atoms with E-state index in [0.717, 1.165) is 68.7 Å². The van der Waals surface area contributed by atoms with Gasteiger partial charge in [-0.15, -0.1) is 12.4 Å². The van der Waals surface area contributed by atoms with Crippen LogP contribution in [0.25, 0.3) is 11.3 Å². The third-order valence-corrected chi connectivity index (χ3v) is 5.57. The SMILES string of the molecule is CN(CCCCCc1cc(-c2ccc(F)cc2)n[nH]1)C(=O)CCC1CCNC1.Cl. The highest BCUT2D eigenvalue weighted by atomic mass is 35.5. The van der Waals surface area contributed by atoms with E-state index in [1.54, 1.807) is 12.1 Å². The first kappa shape index (κ1) is 23.4. The number of benzene rings is 1. The van der Waals surface area contributed by atoms with Gasteiger partial charge in [0.2, 0.25) is 5.91 Å². The summed E-state index contributed by atoms with van der Waals surface area (Å²) in [4.78, 5) is 14.1. The van der Waals surface area contributed by atoms with E-state index in [1.807, 2.05) is 18.0 Å². The van der Waals surface area contributed by atoms with Crippen LogP contribution in [0.3, 0.4) is 0 Å². The number of hydrogen-bond acceptors (Lipinski definition) is 3. The molecule has 0 saturated carbocycles. The minimum Gasteiger partial charge on any atom is -0.346 e. The molecular weight excluding hydrogens is 391 g/mol. The molecule has 1 atom stereocenters. The van der Waals surface area contributed by atoms with Crippen molar-refractivity contribution in [2.75, 3.05) is 26.7 Å². The van der Waals surface area contributed by atoms with Gasteiger partial charge in [0.15, 0.2) is 0 Å². The second-order valence-electron chi connectivity index (χ2n) is 7.81. The van der Waals surface area contributed by atoms with E-state index >= 15 is 0 Å². The number of carbonyl (C=O) groups is 1. The molecule has 0 radical (unpaired) electrons. The van der Waals surface area contributed by atoms with Gasteiger partial charge in [-0.05, 0) is 81.4 Å². The fourth-order valence-electron chi connectivity index (χ4n) is 3.70. The molecule has 5 nitrogen and oxygen atoms in total. The van der Waals surface area contributed by atoms with Crippen LogP contribution in [0.15, 0.2) is 30.3 Å². The molecular formula is C22H32ClFN4O. The Kier molecular flexibility index (Phi) is 9.61. The minimum absolute atomic E-state index is 0. The molecule has 29 heavy (non-hydrogen) atoms. The summed E-state index contributed by atoms with van der Waals surface area (Å²) < 4.78 is 13.0. The fraction of sp³-hybridized carbons (Fsp3) is 0.545. The van der Waals surface area contributed by atoms with Crippen LogP contribution < -0.4 is 5.32 Å². The lowest BCUT2D eigenvalue weighted by molar-refractivity contribution is -0.130. The van der Waals surface area contributed by atoms with Gasteiger partial charge >= 0.3 is 0 Å². The number of halogens is 2. The quantitative estimate of drug-likeness (QED) is 0.564. The molecule has 3 rings (SSSR count). The van der Waals surface area contributed by atoms with E-state index in [0.29, 0.717) is 12.3 Å². The number of hydrogen-bond donors (Lipinski definition) is 2. The average molecular weight is 423 g/mol. The highest BCUT2D eigenvalue weighted by molar-refractivity contribution is 5.85. The summed E-state index contributed by atoms with van der Waals surface area (Å²) in [5, 5.41) is 10.7. The molecule has 2 heterocycles. The first-order valence-corrected chi connectivity index (χ1v) is 10.4. The van der Waals surface area contributed by atoms with Gasteiger partial charge in [0.1, 0.15) is 5.82 Å². The Hall–Kier alpha value is -1.92. The smallest absolute Gasteiger partial charge is 0.222 e. The topological polar surface area (TPSA) is 61.0 Å². The zero-order chi connectivity index (χ0) is 19.8. The maximum absolute atomic E-state index is 13.0. The first-order valence-electron chi connectivity index (χ1n) is 10.4. The molecule has 0 bridgehead atoms. The number of amides is 1. The van der Waals surface area contributed by atoms with Crippen molar-refractivity contribution in [1.82, 2.24) is 20.4 Å². The van der Waals surface area contributed by atoms with Crippen LogP contribution in [0.5, 0.6) is 0 Å². The third-order valence-electron chi connectivity index (χ3n) is 5.57. The Morgan fingerprint density at radius 3 is 2.76 bits per heavy atom. The Morgan fingerprint density at radius 1 is 1.24 bits per heavy atom. The maximum atomic E-state index is 13.0. The van der Waals surface area contributed by atoms with Gasteiger partial charge in [-0.1, -0.05) is 6.42 Å². The van der Waals surface area contributed by atoms with E-state index in [9.17, 15) is 9.18 Å². The fourth-order valence-corrected chi connectivity index (χ4v) is 3.70. The highest BCUT2D eigenvalue weighted by Crippen LogP contribution is 2.19. The van der Waals surface area contributed by atoms with Crippen LogP contribution in [0.4, 0.5) is 4.39 Å². The Bertz CT molecular complexity index is 744. The van der Waals surface area contributed by atoms with Crippen molar-refractivity contribution in [3.05, 3.63) is 41.8 Å². The van der Waals surface area contributed by atoms with Crippen LogP contribution in [-0.4, -0.2) is 47.7 Å². The van der Waals surface area contributed by atoms with Gasteiger partial charge in [0, 0.05) is 31.3 Å². The van der Waals surface area contributed by atoms with Gasteiger partial charge in [0.05, 0.1) is 5.69 Å². The summed E-state index contributed by atoms with van der Waals surface area (Å²) in [6.07, 6.45) is 6.96. The molecule has 1 aromatic heterocycles. The number of aromatic nitrogens is 2. The normalized spacial score (nSPS) is 15.9. The summed E-state index contributed by atoms with van der Waals surface area (Å²) in [5.41, 5.74) is 2.85. The van der Waals surface area contributed by atoms with Crippen LogP contribution >= 0.6 is 12.4 Å². The lowest BCUT2D eigenvalue weighted by Crippen LogP contribution is -2.28. The van der Waals surface area contributed by atoms with E-state index in [1.165, 1.54) is 18.6 Å². The second kappa shape index (κ2) is 11.9. The summed E-state index contributed by atoms with van der Waals surface area (Å²) in [5.74, 6) is 0.703. The van der Waals surface area contributed by atoms with Crippen LogP contribution in [0.2, 0.25) is 0 Å². The van der Waals surface area contributed by atoms with Gasteiger partial charge in [-0.25, -0.2) is 4.39 Å². The Labute approximate surface area is 178 Å². The number of nitrogens with zero attached hydrogens (tertiary/aromatic N) is 2. The summed E-state index contributed by atoms with van der Waals surface area (Å²) in [6, 6.07) is 8.41. The zero-order valence-corrected chi connectivity index (χ0v) is 17.9. The molecule has 1 fully saturated rings. The molecule has 160 valence electrons. The number of aromatic amines is 1. The summed E-state index contributed by atoms with van der Waals surface area (Å²) in [7, 11) is 1.92. The van der Waals surface area contributed by atoms with Gasteiger partial charge < -0.3 is 10.2 Å². The summed E-state index contributed by atoms with van der Waals surface area (Å²) in [6.45, 7) is 2.98. The predicted octanol–water partition coefficient (Wildman–Crippen LogP) is 4.20. The molecule has 7 heteroatoms. The van der Waals surface area contributed by atoms with Crippen molar-refractivity contribution < 1.29 is 9.18 Å². The number of nitrogens with one attached hydrogen (secondary N) is 2. The van der Waals surface area contributed by atoms with Crippen molar-refractivity contribution in [3.8, 4) is 11.3 Å². The minimum atomic E-state index is -0.237. The predicted molar refractivity (Wildman–Crippen MR) is 117 cm³/mol. The molecule has 1 amide bonds. The number of aryl methyl sites for hydroxylation is 1. The van der Waals surface area contributed by atoms with Crippen LogP contribution in [0, 0.1) is 11.7 Å². The van der Waals surface area contributed by atoms with E-state index < -0.39 is 0 Å². The average Bonchev–Trinajstić information content (AvgIpc) is 3.38. The van der Waals surface area contributed by atoms with E-state index in [2.05, 4.69) is 15.5 Å². The van der Waals surface area contributed by atoms with Crippen molar-refractivity contribution >= 4 is 18.3 Å². The first-order chi connectivity index (χ1) is 13.6. The number of unbranched alkanes of at least 4 members (excludes halogenated alkanes) is 2. The standard InChI is InChI=1S/C22H31FN4O.ClH/c1-27(22(28)11-6-17-12-13-24-16-17)14-4-2-3-5-20-15-21(26-25-20)18-7-9-19(23)10-8-18;/h7-10,15,17,24H,2-6,11-14,16H2,1H3,(H,25,26);1H. The Balaban J connectivity index is 0.00000300. The Morgan fingerprint density at radius 2 is 2.03 bits per heavy atom. The molecule has 2 aromatic rings. The van der Waals surface area contributed by atoms with Crippen molar-refractivity contribution in [2.45, 2.75) is 44.9 Å². The highest BCUT2D eigenvalue weighted by Gasteiger charge is 2.17. The number of carbonyl (C=O) groups excluding carboxylic acids is 1. The molecule has 2 N–H and O–H groups in total. The van der Waals surface area contributed by atoms with Crippen LogP contribution in [0.1, 0.15) is 44.2 Å². The van der Waals surface area contributed by atoms with Gasteiger partial charge in [-0.3, -0.25) is 9.89 Å². The zero-order valence-electron chi connectivity index (χ0n) is 17.1. The van der Waals surface area contributed by atoms with Crippen molar-refractivity contribution in [3.63, 3.8) is 0 Å². The molecule has 1 aliphatic heterocycles. The molecule has 1 unspecified atom stereocenters.